The molecule has 0 aromatic carbocycles. The lowest BCUT2D eigenvalue weighted by Gasteiger charge is -2.24. The number of nitrogens with one attached hydrogen (secondary N) is 1. The molecule has 1 atom stereocenters. The summed E-state index contributed by atoms with van der Waals surface area (Å²) in [6, 6.07) is 0. The quantitative estimate of drug-likeness (QED) is 0.704. The Balaban J connectivity index is 2.03. The van der Waals surface area contributed by atoms with Crippen LogP contribution in [0.4, 0.5) is 0 Å². The number of ether oxygens (including phenoxy) is 1. The second-order valence-electron chi connectivity index (χ2n) is 5.00. The molecule has 1 aliphatic heterocycles. The minimum absolute atomic E-state index is 0.188. The van der Waals surface area contributed by atoms with Gasteiger partial charge in [-0.25, -0.2) is 0 Å². The monoisotopic (exact) mass is 215 g/mol. The van der Waals surface area contributed by atoms with E-state index in [0.29, 0.717) is 11.8 Å². The van der Waals surface area contributed by atoms with Crippen molar-refractivity contribution in [1.29, 1.82) is 0 Å². The highest BCUT2D eigenvalue weighted by Gasteiger charge is 2.17. The molecule has 0 spiro atoms. The maximum atomic E-state index is 9.81. The van der Waals surface area contributed by atoms with Gasteiger partial charge in [0.15, 0.2) is 0 Å². The van der Waals surface area contributed by atoms with Crippen LogP contribution in [0.2, 0.25) is 0 Å². The van der Waals surface area contributed by atoms with Crippen molar-refractivity contribution in [2.24, 2.45) is 11.8 Å². The predicted molar refractivity (Wildman–Crippen MR) is 61.9 cm³/mol. The van der Waals surface area contributed by atoms with E-state index in [1.807, 2.05) is 0 Å². The van der Waals surface area contributed by atoms with E-state index in [0.717, 1.165) is 45.6 Å². The number of hydrogen-bond acceptors (Lipinski definition) is 3. The molecule has 1 rings (SSSR count). The van der Waals surface area contributed by atoms with Gasteiger partial charge in [-0.05, 0) is 37.6 Å². The average Bonchev–Trinajstić information content (AvgIpc) is 2.18. The third-order valence-electron chi connectivity index (χ3n) is 2.88. The lowest BCUT2D eigenvalue weighted by molar-refractivity contribution is 0.0437. The van der Waals surface area contributed by atoms with E-state index in [-0.39, 0.29) is 6.10 Å². The largest absolute Gasteiger partial charge is 0.392 e. The number of aliphatic hydroxyl groups excluding tert-OH is 1. The molecular formula is C12H25NO2. The SMILES string of the molecule is CC(C)CNCC(O)CC1CCOCC1. The molecule has 1 aliphatic rings. The van der Waals surface area contributed by atoms with E-state index in [1.165, 1.54) is 0 Å². The van der Waals surface area contributed by atoms with Crippen LogP contribution in [0.5, 0.6) is 0 Å². The summed E-state index contributed by atoms with van der Waals surface area (Å²) in [5.41, 5.74) is 0. The van der Waals surface area contributed by atoms with Gasteiger partial charge in [0.05, 0.1) is 6.10 Å². The smallest absolute Gasteiger partial charge is 0.0667 e. The maximum Gasteiger partial charge on any atom is 0.0667 e. The lowest BCUT2D eigenvalue weighted by Crippen LogP contribution is -2.32. The molecule has 0 radical (unpaired) electrons. The molecule has 0 saturated carbocycles. The summed E-state index contributed by atoms with van der Waals surface area (Å²) in [6.07, 6.45) is 2.96. The zero-order valence-electron chi connectivity index (χ0n) is 10.0. The van der Waals surface area contributed by atoms with E-state index in [4.69, 9.17) is 4.74 Å². The molecule has 3 heteroatoms. The van der Waals surface area contributed by atoms with Gasteiger partial charge in [-0.15, -0.1) is 0 Å². The van der Waals surface area contributed by atoms with Crippen LogP contribution in [0.3, 0.4) is 0 Å². The van der Waals surface area contributed by atoms with Crippen LogP contribution >= 0.6 is 0 Å². The van der Waals surface area contributed by atoms with Gasteiger partial charge in [-0.2, -0.15) is 0 Å². The van der Waals surface area contributed by atoms with E-state index in [2.05, 4.69) is 19.2 Å². The minimum Gasteiger partial charge on any atom is -0.392 e. The van der Waals surface area contributed by atoms with Crippen molar-refractivity contribution in [3.63, 3.8) is 0 Å². The molecule has 15 heavy (non-hydrogen) atoms. The van der Waals surface area contributed by atoms with E-state index < -0.39 is 0 Å². The summed E-state index contributed by atoms with van der Waals surface area (Å²) in [7, 11) is 0. The molecule has 0 amide bonds. The summed E-state index contributed by atoms with van der Waals surface area (Å²) < 4.78 is 5.30. The van der Waals surface area contributed by atoms with Gasteiger partial charge in [0.25, 0.3) is 0 Å². The second kappa shape index (κ2) is 7.20. The predicted octanol–water partition coefficient (Wildman–Crippen LogP) is 1.41. The molecule has 0 aromatic rings. The number of aliphatic hydroxyl groups is 1. The van der Waals surface area contributed by atoms with Crippen molar-refractivity contribution in [2.45, 2.75) is 39.2 Å². The normalized spacial score (nSPS) is 20.8. The molecule has 1 heterocycles. The summed E-state index contributed by atoms with van der Waals surface area (Å²) in [5, 5.41) is 13.1. The Bertz CT molecular complexity index is 156. The van der Waals surface area contributed by atoms with Gasteiger partial charge in [0, 0.05) is 19.8 Å². The third kappa shape index (κ3) is 6.13. The highest BCUT2D eigenvalue weighted by Crippen LogP contribution is 2.19. The van der Waals surface area contributed by atoms with Gasteiger partial charge in [0.1, 0.15) is 0 Å². The summed E-state index contributed by atoms with van der Waals surface area (Å²) in [6.45, 7) is 7.82. The van der Waals surface area contributed by atoms with Crippen LogP contribution in [0.25, 0.3) is 0 Å². The Morgan fingerprint density at radius 1 is 1.27 bits per heavy atom. The minimum atomic E-state index is -0.188. The maximum absolute atomic E-state index is 9.81. The fourth-order valence-corrected chi connectivity index (χ4v) is 1.99. The molecule has 0 aromatic heterocycles. The highest BCUT2D eigenvalue weighted by molar-refractivity contribution is 4.70. The van der Waals surface area contributed by atoms with Gasteiger partial charge in [-0.3, -0.25) is 0 Å². The summed E-state index contributed by atoms with van der Waals surface area (Å²) >= 11 is 0. The van der Waals surface area contributed by atoms with Crippen molar-refractivity contribution in [1.82, 2.24) is 5.32 Å². The van der Waals surface area contributed by atoms with Gasteiger partial charge in [0.2, 0.25) is 0 Å². The zero-order valence-corrected chi connectivity index (χ0v) is 10.0. The van der Waals surface area contributed by atoms with Crippen LogP contribution in [0.15, 0.2) is 0 Å². The van der Waals surface area contributed by atoms with Crippen molar-refractivity contribution in [3.8, 4) is 0 Å². The summed E-state index contributed by atoms with van der Waals surface area (Å²) in [4.78, 5) is 0. The Hall–Kier alpha value is -0.120. The summed E-state index contributed by atoms with van der Waals surface area (Å²) in [5.74, 6) is 1.31. The lowest BCUT2D eigenvalue weighted by atomic mass is 9.93. The van der Waals surface area contributed by atoms with Crippen molar-refractivity contribution in [2.75, 3.05) is 26.3 Å². The molecule has 3 nitrogen and oxygen atoms in total. The first-order valence-corrected chi connectivity index (χ1v) is 6.15. The van der Waals surface area contributed by atoms with Crippen molar-refractivity contribution in [3.05, 3.63) is 0 Å². The zero-order chi connectivity index (χ0) is 11.1. The Morgan fingerprint density at radius 2 is 1.93 bits per heavy atom. The average molecular weight is 215 g/mol. The topological polar surface area (TPSA) is 41.5 Å². The van der Waals surface area contributed by atoms with E-state index >= 15 is 0 Å². The van der Waals surface area contributed by atoms with Crippen LogP contribution in [-0.2, 0) is 4.74 Å². The van der Waals surface area contributed by atoms with E-state index in [9.17, 15) is 5.11 Å². The molecule has 1 fully saturated rings. The molecular weight excluding hydrogens is 190 g/mol. The van der Waals surface area contributed by atoms with E-state index in [1.54, 1.807) is 0 Å². The number of hydrogen-bond donors (Lipinski definition) is 2. The highest BCUT2D eigenvalue weighted by atomic mass is 16.5. The molecule has 1 saturated heterocycles. The Morgan fingerprint density at radius 3 is 2.53 bits per heavy atom. The number of rotatable bonds is 6. The fourth-order valence-electron chi connectivity index (χ4n) is 1.99. The third-order valence-corrected chi connectivity index (χ3v) is 2.88. The first-order valence-electron chi connectivity index (χ1n) is 6.15. The molecule has 2 N–H and O–H groups in total. The first kappa shape index (κ1) is 12.9. The molecule has 0 aliphatic carbocycles. The van der Waals surface area contributed by atoms with Crippen molar-refractivity contribution >= 4 is 0 Å². The molecule has 90 valence electrons. The molecule has 0 bridgehead atoms. The van der Waals surface area contributed by atoms with Crippen LogP contribution in [-0.4, -0.2) is 37.5 Å². The van der Waals surface area contributed by atoms with Gasteiger partial charge >= 0.3 is 0 Å². The van der Waals surface area contributed by atoms with Crippen molar-refractivity contribution < 1.29 is 9.84 Å². The Labute approximate surface area is 93.2 Å². The fraction of sp³-hybridized carbons (Fsp3) is 1.00. The van der Waals surface area contributed by atoms with Gasteiger partial charge < -0.3 is 15.2 Å². The Kier molecular flexibility index (Phi) is 6.22. The van der Waals surface area contributed by atoms with Crippen LogP contribution < -0.4 is 5.32 Å². The van der Waals surface area contributed by atoms with Crippen LogP contribution in [0.1, 0.15) is 33.1 Å². The molecule has 1 unspecified atom stereocenters. The van der Waals surface area contributed by atoms with Gasteiger partial charge in [-0.1, -0.05) is 13.8 Å². The first-order chi connectivity index (χ1) is 7.18. The standard InChI is InChI=1S/C12H25NO2/c1-10(2)8-13-9-12(14)7-11-3-5-15-6-4-11/h10-14H,3-9H2,1-2H3. The second-order valence-corrected chi connectivity index (χ2v) is 5.00. The van der Waals surface area contributed by atoms with Crippen LogP contribution in [0, 0.1) is 11.8 Å².